The van der Waals surface area contributed by atoms with Gasteiger partial charge in [-0.2, -0.15) is 0 Å². The van der Waals surface area contributed by atoms with Gasteiger partial charge in [-0.1, -0.05) is 30.3 Å². The first kappa shape index (κ1) is 13.1. The lowest BCUT2D eigenvalue weighted by atomic mass is 9.98. The average Bonchev–Trinajstić information content (AvgIpc) is 2.47. The van der Waals surface area contributed by atoms with Crippen molar-refractivity contribution >= 4 is 0 Å². The van der Waals surface area contributed by atoms with Crippen molar-refractivity contribution < 1.29 is 9.13 Å². The molecular formula is C17H18FNO. The fourth-order valence-corrected chi connectivity index (χ4v) is 2.69. The maximum atomic E-state index is 13.3. The van der Waals surface area contributed by atoms with Gasteiger partial charge in [0.1, 0.15) is 11.6 Å². The number of fused-ring (bicyclic) bond motifs is 1. The molecule has 1 aliphatic heterocycles. The second kappa shape index (κ2) is 5.63. The zero-order valence-electron chi connectivity index (χ0n) is 11.5. The zero-order valence-corrected chi connectivity index (χ0v) is 11.5. The Hall–Kier alpha value is -1.87. The van der Waals surface area contributed by atoms with E-state index in [0.717, 1.165) is 17.7 Å². The summed E-state index contributed by atoms with van der Waals surface area (Å²) < 4.78 is 19.0. The lowest BCUT2D eigenvalue weighted by molar-refractivity contribution is 0.246. The van der Waals surface area contributed by atoms with Gasteiger partial charge in [0.25, 0.3) is 0 Å². The Morgan fingerprint density at radius 1 is 1.20 bits per heavy atom. The van der Waals surface area contributed by atoms with Crippen LogP contribution in [-0.2, 0) is 0 Å². The Morgan fingerprint density at radius 2 is 2.05 bits per heavy atom. The van der Waals surface area contributed by atoms with Crippen LogP contribution >= 0.6 is 0 Å². The molecule has 20 heavy (non-hydrogen) atoms. The summed E-state index contributed by atoms with van der Waals surface area (Å²) in [5, 5.41) is 3.57. The highest BCUT2D eigenvalue weighted by Crippen LogP contribution is 2.33. The van der Waals surface area contributed by atoms with Gasteiger partial charge >= 0.3 is 0 Å². The van der Waals surface area contributed by atoms with Crippen molar-refractivity contribution in [3.05, 3.63) is 65.5 Å². The van der Waals surface area contributed by atoms with Gasteiger partial charge in [-0.05, 0) is 30.7 Å². The molecule has 1 heterocycles. The molecule has 0 bridgehead atoms. The quantitative estimate of drug-likeness (QED) is 0.911. The number of ether oxygens (including phenoxy) is 1. The van der Waals surface area contributed by atoms with Crippen molar-refractivity contribution in [2.45, 2.75) is 25.4 Å². The van der Waals surface area contributed by atoms with Crippen LogP contribution in [0.4, 0.5) is 4.39 Å². The molecule has 0 saturated carbocycles. The molecule has 0 aromatic heterocycles. The van der Waals surface area contributed by atoms with E-state index >= 15 is 0 Å². The van der Waals surface area contributed by atoms with Crippen molar-refractivity contribution in [3.8, 4) is 5.75 Å². The van der Waals surface area contributed by atoms with E-state index in [2.05, 4.69) is 18.3 Å². The molecule has 3 rings (SSSR count). The van der Waals surface area contributed by atoms with Gasteiger partial charge in [-0.25, -0.2) is 4.39 Å². The molecule has 0 radical (unpaired) electrons. The molecule has 104 valence electrons. The summed E-state index contributed by atoms with van der Waals surface area (Å²) >= 11 is 0. The van der Waals surface area contributed by atoms with Crippen LogP contribution in [0.1, 0.15) is 36.6 Å². The second-order valence-electron chi connectivity index (χ2n) is 5.17. The Labute approximate surface area is 118 Å². The molecule has 2 nitrogen and oxygen atoms in total. The number of benzene rings is 2. The third-order valence-electron chi connectivity index (χ3n) is 3.76. The Bertz CT molecular complexity index is 599. The third-order valence-corrected chi connectivity index (χ3v) is 3.76. The predicted molar refractivity (Wildman–Crippen MR) is 77.2 cm³/mol. The molecule has 0 aliphatic carbocycles. The highest BCUT2D eigenvalue weighted by atomic mass is 19.1. The molecule has 2 atom stereocenters. The molecule has 0 fully saturated rings. The lowest BCUT2D eigenvalue weighted by Crippen LogP contribution is -2.29. The Balaban J connectivity index is 1.79. The van der Waals surface area contributed by atoms with E-state index in [1.54, 1.807) is 12.1 Å². The molecule has 3 heteroatoms. The van der Waals surface area contributed by atoms with E-state index in [1.807, 2.05) is 24.3 Å². The van der Waals surface area contributed by atoms with Crippen LogP contribution in [0.25, 0.3) is 0 Å². The second-order valence-corrected chi connectivity index (χ2v) is 5.17. The normalized spacial score (nSPS) is 19.0. The molecule has 0 spiro atoms. The summed E-state index contributed by atoms with van der Waals surface area (Å²) in [6.07, 6.45) is 0.927. The third kappa shape index (κ3) is 2.68. The smallest absolute Gasteiger partial charge is 0.124 e. The summed E-state index contributed by atoms with van der Waals surface area (Å²) in [6.45, 7) is 2.78. The van der Waals surface area contributed by atoms with E-state index in [0.29, 0.717) is 6.61 Å². The molecule has 0 saturated heterocycles. The summed E-state index contributed by atoms with van der Waals surface area (Å²) in [5.41, 5.74) is 2.15. The van der Waals surface area contributed by atoms with Gasteiger partial charge in [-0.15, -0.1) is 0 Å². The summed E-state index contributed by atoms with van der Waals surface area (Å²) in [6, 6.07) is 15.2. The minimum Gasteiger partial charge on any atom is -0.493 e. The number of para-hydroxylation sites is 1. The highest BCUT2D eigenvalue weighted by Gasteiger charge is 2.22. The average molecular weight is 271 g/mol. The number of halogens is 1. The van der Waals surface area contributed by atoms with Crippen molar-refractivity contribution in [3.63, 3.8) is 0 Å². The van der Waals surface area contributed by atoms with Gasteiger partial charge in [-0.3, -0.25) is 0 Å². The van der Waals surface area contributed by atoms with Crippen LogP contribution < -0.4 is 10.1 Å². The van der Waals surface area contributed by atoms with Crippen molar-refractivity contribution in [1.29, 1.82) is 0 Å². The Kier molecular flexibility index (Phi) is 3.70. The van der Waals surface area contributed by atoms with Crippen LogP contribution in [0, 0.1) is 5.82 Å². The van der Waals surface area contributed by atoms with Crippen molar-refractivity contribution in [1.82, 2.24) is 5.32 Å². The van der Waals surface area contributed by atoms with E-state index in [1.165, 1.54) is 11.6 Å². The van der Waals surface area contributed by atoms with Gasteiger partial charge in [0.05, 0.1) is 6.61 Å². The SMILES string of the molecule is C[C@H](NC1CCOc2ccccc21)c1cccc(F)c1. The van der Waals surface area contributed by atoms with Crippen LogP contribution in [0.3, 0.4) is 0 Å². The summed E-state index contributed by atoms with van der Waals surface area (Å²) in [4.78, 5) is 0. The zero-order chi connectivity index (χ0) is 13.9. The molecule has 2 aromatic carbocycles. The first-order chi connectivity index (χ1) is 9.74. The number of rotatable bonds is 3. The monoisotopic (exact) mass is 271 g/mol. The fraction of sp³-hybridized carbons (Fsp3) is 0.294. The largest absolute Gasteiger partial charge is 0.493 e. The van der Waals surface area contributed by atoms with E-state index in [9.17, 15) is 4.39 Å². The molecule has 0 amide bonds. The summed E-state index contributed by atoms with van der Waals surface area (Å²) in [7, 11) is 0. The van der Waals surface area contributed by atoms with Gasteiger partial charge in [0, 0.05) is 24.1 Å². The predicted octanol–water partition coefficient (Wildman–Crippen LogP) is 4.00. The topological polar surface area (TPSA) is 21.3 Å². The first-order valence-corrected chi connectivity index (χ1v) is 6.97. The van der Waals surface area contributed by atoms with Crippen LogP contribution in [0.5, 0.6) is 5.75 Å². The number of hydrogen-bond donors (Lipinski definition) is 1. The van der Waals surface area contributed by atoms with Crippen LogP contribution in [0.2, 0.25) is 0 Å². The first-order valence-electron chi connectivity index (χ1n) is 6.97. The minimum atomic E-state index is -0.191. The molecule has 1 aliphatic rings. The van der Waals surface area contributed by atoms with Crippen LogP contribution in [0.15, 0.2) is 48.5 Å². The number of nitrogens with one attached hydrogen (secondary N) is 1. The van der Waals surface area contributed by atoms with E-state index in [-0.39, 0.29) is 17.9 Å². The maximum Gasteiger partial charge on any atom is 0.124 e. The summed E-state index contributed by atoms with van der Waals surface area (Å²) in [5.74, 6) is 0.756. The standard InChI is InChI=1S/C17H18FNO/c1-12(13-5-4-6-14(18)11-13)19-16-9-10-20-17-8-3-2-7-15(16)17/h2-8,11-12,16,19H,9-10H2,1H3/t12-,16?/m0/s1. The lowest BCUT2D eigenvalue weighted by Gasteiger charge is -2.29. The Morgan fingerprint density at radius 3 is 2.90 bits per heavy atom. The van der Waals surface area contributed by atoms with Crippen molar-refractivity contribution in [2.24, 2.45) is 0 Å². The molecule has 1 N–H and O–H groups in total. The fourth-order valence-electron chi connectivity index (χ4n) is 2.69. The van der Waals surface area contributed by atoms with E-state index < -0.39 is 0 Å². The molecule has 1 unspecified atom stereocenters. The van der Waals surface area contributed by atoms with Crippen molar-refractivity contribution in [2.75, 3.05) is 6.61 Å². The molecule has 2 aromatic rings. The molecular weight excluding hydrogens is 253 g/mol. The highest BCUT2D eigenvalue weighted by molar-refractivity contribution is 5.37. The van der Waals surface area contributed by atoms with Gasteiger partial charge in [0.15, 0.2) is 0 Å². The minimum absolute atomic E-state index is 0.0989. The maximum absolute atomic E-state index is 13.3. The van der Waals surface area contributed by atoms with E-state index in [4.69, 9.17) is 4.74 Å². The van der Waals surface area contributed by atoms with Gasteiger partial charge < -0.3 is 10.1 Å². The van der Waals surface area contributed by atoms with Gasteiger partial charge in [0.2, 0.25) is 0 Å². The van der Waals surface area contributed by atoms with Crippen LogP contribution in [-0.4, -0.2) is 6.61 Å². The number of hydrogen-bond acceptors (Lipinski definition) is 2.